The third-order valence-electron chi connectivity index (χ3n) is 2.25. The van der Waals surface area contributed by atoms with E-state index < -0.39 is 5.79 Å². The van der Waals surface area contributed by atoms with Crippen molar-refractivity contribution >= 4 is 0 Å². The Kier molecular flexibility index (Phi) is 2.97. The molecule has 0 fully saturated rings. The molecule has 3 heteroatoms. The molecule has 1 aromatic rings. The van der Waals surface area contributed by atoms with Gasteiger partial charge in [-0.2, -0.15) is 0 Å². The van der Waals surface area contributed by atoms with E-state index in [1.165, 1.54) is 0 Å². The topological polar surface area (TPSA) is 27.7 Å². The van der Waals surface area contributed by atoms with Crippen LogP contribution in [0, 0.1) is 12.3 Å². The van der Waals surface area contributed by atoms with Gasteiger partial charge in [0.15, 0.2) is 5.76 Å². The van der Waals surface area contributed by atoms with E-state index in [2.05, 4.69) is 5.92 Å². The lowest BCUT2D eigenvalue weighted by atomic mass is 10.2. The highest BCUT2D eigenvalue weighted by molar-refractivity contribution is 5.36. The first kappa shape index (κ1) is 11.4. The zero-order chi connectivity index (χ0) is 12.3. The lowest BCUT2D eigenvalue weighted by Crippen LogP contribution is -2.21. The zero-order valence-corrected chi connectivity index (χ0v) is 9.90. The van der Waals surface area contributed by atoms with Gasteiger partial charge >= 0.3 is 0 Å². The Morgan fingerprint density at radius 2 is 2.00 bits per heavy atom. The average molecular weight is 230 g/mol. The molecule has 1 aliphatic heterocycles. The van der Waals surface area contributed by atoms with Crippen LogP contribution in [0.25, 0.3) is 0 Å². The standard InChI is InChI=1S/C14H14O3/c1-4-11-5-7-12(8-6-11)15-9-13-10-16-14(2,3)17-13/h1,5-8,10H,9H2,2-3H3. The molecular weight excluding hydrogens is 216 g/mol. The molecule has 1 aromatic carbocycles. The Morgan fingerprint density at radius 3 is 2.53 bits per heavy atom. The highest BCUT2D eigenvalue weighted by Crippen LogP contribution is 2.24. The fraction of sp³-hybridized carbons (Fsp3) is 0.286. The van der Waals surface area contributed by atoms with Crippen molar-refractivity contribution in [3.8, 4) is 18.1 Å². The predicted molar refractivity (Wildman–Crippen MR) is 64.2 cm³/mol. The maximum Gasteiger partial charge on any atom is 0.244 e. The molecule has 2 rings (SSSR count). The van der Waals surface area contributed by atoms with Crippen LogP contribution in [0.4, 0.5) is 0 Å². The van der Waals surface area contributed by atoms with Gasteiger partial charge in [-0.3, -0.25) is 0 Å². The molecule has 1 heterocycles. The van der Waals surface area contributed by atoms with Crippen molar-refractivity contribution in [1.29, 1.82) is 0 Å². The molecule has 0 radical (unpaired) electrons. The molecule has 0 aliphatic carbocycles. The third-order valence-corrected chi connectivity index (χ3v) is 2.25. The Hall–Kier alpha value is -2.08. The van der Waals surface area contributed by atoms with Crippen LogP contribution < -0.4 is 4.74 Å². The van der Waals surface area contributed by atoms with E-state index in [4.69, 9.17) is 20.6 Å². The van der Waals surface area contributed by atoms with E-state index in [9.17, 15) is 0 Å². The van der Waals surface area contributed by atoms with Gasteiger partial charge in [-0.1, -0.05) is 5.92 Å². The van der Waals surface area contributed by atoms with Crippen molar-refractivity contribution in [3.05, 3.63) is 41.9 Å². The van der Waals surface area contributed by atoms with E-state index in [1.54, 1.807) is 6.26 Å². The van der Waals surface area contributed by atoms with E-state index >= 15 is 0 Å². The molecule has 0 saturated heterocycles. The molecule has 0 aromatic heterocycles. The largest absolute Gasteiger partial charge is 0.486 e. The monoisotopic (exact) mass is 230 g/mol. The van der Waals surface area contributed by atoms with E-state index in [1.807, 2.05) is 38.1 Å². The summed E-state index contributed by atoms with van der Waals surface area (Å²) in [6.45, 7) is 4.04. The molecule has 3 nitrogen and oxygen atoms in total. The smallest absolute Gasteiger partial charge is 0.244 e. The summed E-state index contributed by atoms with van der Waals surface area (Å²) in [5.41, 5.74) is 0.832. The lowest BCUT2D eigenvalue weighted by molar-refractivity contribution is -0.119. The minimum absolute atomic E-state index is 0.346. The minimum atomic E-state index is -0.591. The summed E-state index contributed by atoms with van der Waals surface area (Å²) >= 11 is 0. The number of ether oxygens (including phenoxy) is 3. The second-order valence-corrected chi connectivity index (χ2v) is 4.16. The summed E-state index contributed by atoms with van der Waals surface area (Å²) in [7, 11) is 0. The minimum Gasteiger partial charge on any atom is -0.486 e. The van der Waals surface area contributed by atoms with Crippen LogP contribution in [0.1, 0.15) is 19.4 Å². The second-order valence-electron chi connectivity index (χ2n) is 4.16. The number of hydrogen-bond acceptors (Lipinski definition) is 3. The van der Waals surface area contributed by atoms with Crippen LogP contribution in [0.5, 0.6) is 5.75 Å². The number of hydrogen-bond donors (Lipinski definition) is 0. The highest BCUT2D eigenvalue weighted by atomic mass is 16.7. The second kappa shape index (κ2) is 4.42. The number of rotatable bonds is 3. The zero-order valence-electron chi connectivity index (χ0n) is 9.90. The molecule has 17 heavy (non-hydrogen) atoms. The molecule has 0 atom stereocenters. The fourth-order valence-corrected chi connectivity index (χ4v) is 1.44. The molecule has 0 bridgehead atoms. The van der Waals surface area contributed by atoms with Gasteiger partial charge in [0.25, 0.3) is 0 Å². The highest BCUT2D eigenvalue weighted by Gasteiger charge is 2.27. The Balaban J connectivity index is 1.89. The van der Waals surface area contributed by atoms with Crippen LogP contribution in [0.2, 0.25) is 0 Å². The van der Waals surface area contributed by atoms with Crippen molar-refractivity contribution in [2.75, 3.05) is 6.61 Å². The summed E-state index contributed by atoms with van der Waals surface area (Å²) < 4.78 is 16.3. The molecule has 0 N–H and O–H groups in total. The summed E-state index contributed by atoms with van der Waals surface area (Å²) in [5, 5.41) is 0. The van der Waals surface area contributed by atoms with Gasteiger partial charge in [-0.05, 0) is 24.3 Å². The average Bonchev–Trinajstić information content (AvgIpc) is 2.67. The maximum absolute atomic E-state index is 5.54. The fourth-order valence-electron chi connectivity index (χ4n) is 1.44. The maximum atomic E-state index is 5.54. The van der Waals surface area contributed by atoms with Crippen LogP contribution in [0.15, 0.2) is 36.3 Å². The van der Waals surface area contributed by atoms with Crippen LogP contribution in [0.3, 0.4) is 0 Å². The molecular formula is C14H14O3. The molecule has 0 spiro atoms. The number of terminal acetylenes is 1. The van der Waals surface area contributed by atoms with E-state index in [0.717, 1.165) is 11.3 Å². The Bertz CT molecular complexity index is 463. The first-order chi connectivity index (χ1) is 8.09. The van der Waals surface area contributed by atoms with Gasteiger partial charge in [0, 0.05) is 19.4 Å². The third kappa shape index (κ3) is 2.94. The van der Waals surface area contributed by atoms with E-state index in [-0.39, 0.29) is 0 Å². The van der Waals surface area contributed by atoms with Gasteiger partial charge in [-0.25, -0.2) is 0 Å². The van der Waals surface area contributed by atoms with Crippen molar-refractivity contribution in [1.82, 2.24) is 0 Å². The molecule has 0 amide bonds. The van der Waals surface area contributed by atoms with Gasteiger partial charge in [0.1, 0.15) is 18.6 Å². The molecule has 88 valence electrons. The lowest BCUT2D eigenvalue weighted by Gasteiger charge is -2.18. The summed E-state index contributed by atoms with van der Waals surface area (Å²) in [6.07, 6.45) is 6.85. The van der Waals surface area contributed by atoms with E-state index in [0.29, 0.717) is 12.4 Å². The van der Waals surface area contributed by atoms with Gasteiger partial charge in [0.2, 0.25) is 5.79 Å². The SMILES string of the molecule is C#Cc1ccc(OCC2=COC(C)(C)O2)cc1. The molecule has 0 saturated carbocycles. The first-order valence-electron chi connectivity index (χ1n) is 5.34. The summed E-state index contributed by atoms with van der Waals surface area (Å²) in [5.74, 6) is 3.38. The molecule has 1 aliphatic rings. The summed E-state index contributed by atoms with van der Waals surface area (Å²) in [6, 6.07) is 7.33. The van der Waals surface area contributed by atoms with Crippen LogP contribution >= 0.6 is 0 Å². The Morgan fingerprint density at radius 1 is 1.29 bits per heavy atom. The quantitative estimate of drug-likeness (QED) is 0.747. The van der Waals surface area contributed by atoms with Crippen LogP contribution in [-0.4, -0.2) is 12.4 Å². The number of benzene rings is 1. The van der Waals surface area contributed by atoms with Crippen molar-refractivity contribution < 1.29 is 14.2 Å². The van der Waals surface area contributed by atoms with Gasteiger partial charge in [-0.15, -0.1) is 6.42 Å². The predicted octanol–water partition coefficient (Wildman–Crippen LogP) is 2.67. The van der Waals surface area contributed by atoms with Crippen molar-refractivity contribution in [2.45, 2.75) is 19.6 Å². The Labute approximate surface area is 101 Å². The first-order valence-corrected chi connectivity index (χ1v) is 5.34. The van der Waals surface area contributed by atoms with Crippen LogP contribution in [-0.2, 0) is 9.47 Å². The van der Waals surface area contributed by atoms with Crippen molar-refractivity contribution in [3.63, 3.8) is 0 Å². The molecule has 0 unspecified atom stereocenters. The van der Waals surface area contributed by atoms with Gasteiger partial charge < -0.3 is 14.2 Å². The van der Waals surface area contributed by atoms with Gasteiger partial charge in [0.05, 0.1) is 0 Å². The van der Waals surface area contributed by atoms with Crippen molar-refractivity contribution in [2.24, 2.45) is 0 Å². The normalized spacial score (nSPS) is 16.4. The summed E-state index contributed by atoms with van der Waals surface area (Å²) in [4.78, 5) is 0.